The number of hydrogen-bond donors (Lipinski definition) is 1. The largest absolute Gasteiger partial charge is 0.489 e. The van der Waals surface area contributed by atoms with Crippen molar-refractivity contribution in [2.24, 2.45) is 7.05 Å². The summed E-state index contributed by atoms with van der Waals surface area (Å²) in [6.45, 7) is 4.33. The second kappa shape index (κ2) is 9.82. The molecule has 1 atom stereocenters. The predicted molar refractivity (Wildman–Crippen MR) is 144 cm³/mol. The lowest BCUT2D eigenvalue weighted by molar-refractivity contribution is -0.112. The van der Waals surface area contributed by atoms with Crippen LogP contribution in [0.5, 0.6) is 5.75 Å². The Bertz CT molecular complexity index is 1560. The maximum atomic E-state index is 13.3. The number of rotatable bonds is 5. The molecule has 1 fully saturated rings. The molecule has 2 aliphatic rings. The molecule has 3 aromatic heterocycles. The molecule has 11 heteroatoms. The van der Waals surface area contributed by atoms with Crippen LogP contribution in [0.3, 0.4) is 0 Å². The van der Waals surface area contributed by atoms with Crippen LogP contribution in [-0.4, -0.2) is 63.5 Å². The van der Waals surface area contributed by atoms with Gasteiger partial charge in [-0.3, -0.25) is 14.6 Å². The van der Waals surface area contributed by atoms with Crippen molar-refractivity contribution < 1.29 is 18.7 Å². The number of hydrogen-bond acceptors (Lipinski definition) is 8. The van der Waals surface area contributed by atoms with Crippen LogP contribution >= 0.6 is 0 Å². The van der Waals surface area contributed by atoms with E-state index in [1.807, 2.05) is 36.1 Å². The van der Waals surface area contributed by atoms with Crippen molar-refractivity contribution in [2.45, 2.75) is 13.0 Å². The van der Waals surface area contributed by atoms with Gasteiger partial charge in [0, 0.05) is 62.1 Å². The van der Waals surface area contributed by atoms with Crippen LogP contribution < -0.4 is 19.9 Å². The van der Waals surface area contributed by atoms with E-state index < -0.39 is 17.5 Å². The number of carbonyl (C=O) groups is 2. The SMILES string of the molecule is Cc1cc(-c2ccncc2)c(C(=O)C(=O)Nc2ccc3c(c2)OC[C@@H]2CN(c4ncc(F)cn4)CCN32)n1C. The molecule has 10 nitrogen and oxygen atoms in total. The number of amides is 1. The Kier molecular flexibility index (Phi) is 6.18. The van der Waals surface area contributed by atoms with Crippen molar-refractivity contribution in [3.63, 3.8) is 0 Å². The maximum absolute atomic E-state index is 13.3. The van der Waals surface area contributed by atoms with Crippen molar-refractivity contribution >= 4 is 29.0 Å². The van der Waals surface area contributed by atoms with E-state index >= 15 is 0 Å². The molecule has 2 aliphatic heterocycles. The fourth-order valence-electron chi connectivity index (χ4n) is 5.15. The first-order chi connectivity index (χ1) is 18.9. The van der Waals surface area contributed by atoms with E-state index in [9.17, 15) is 14.0 Å². The number of ketones is 1. The Balaban J connectivity index is 1.18. The summed E-state index contributed by atoms with van der Waals surface area (Å²) in [5, 5.41) is 2.74. The summed E-state index contributed by atoms with van der Waals surface area (Å²) in [4.78, 5) is 42.9. The number of benzene rings is 1. The van der Waals surface area contributed by atoms with E-state index in [2.05, 4.69) is 25.2 Å². The normalized spacial score (nSPS) is 16.2. The number of ether oxygens (including phenoxy) is 1. The van der Waals surface area contributed by atoms with Crippen LogP contribution in [0.4, 0.5) is 21.7 Å². The van der Waals surface area contributed by atoms with Gasteiger partial charge in [-0.05, 0) is 42.8 Å². The fraction of sp³-hybridized carbons (Fsp3) is 0.250. The van der Waals surface area contributed by atoms with Gasteiger partial charge < -0.3 is 24.4 Å². The molecule has 198 valence electrons. The molecule has 0 unspecified atom stereocenters. The number of piperazine rings is 1. The number of nitrogens with one attached hydrogen (secondary N) is 1. The first-order valence-electron chi connectivity index (χ1n) is 12.6. The van der Waals surface area contributed by atoms with E-state index in [0.717, 1.165) is 16.9 Å². The molecule has 1 amide bonds. The fourth-order valence-corrected chi connectivity index (χ4v) is 5.15. The van der Waals surface area contributed by atoms with Gasteiger partial charge in [0.25, 0.3) is 11.7 Å². The number of aromatic nitrogens is 4. The third kappa shape index (κ3) is 4.56. The highest BCUT2D eigenvalue weighted by Gasteiger charge is 2.34. The van der Waals surface area contributed by atoms with E-state index in [1.54, 1.807) is 36.1 Å². The van der Waals surface area contributed by atoms with Crippen molar-refractivity contribution in [1.82, 2.24) is 19.5 Å². The average Bonchev–Trinajstić information content (AvgIpc) is 3.26. The second-order valence-corrected chi connectivity index (χ2v) is 9.61. The van der Waals surface area contributed by atoms with E-state index in [4.69, 9.17) is 4.74 Å². The zero-order valence-electron chi connectivity index (χ0n) is 21.5. The Morgan fingerprint density at radius 1 is 1.08 bits per heavy atom. The summed E-state index contributed by atoms with van der Waals surface area (Å²) in [6, 6.07) is 11.0. The van der Waals surface area contributed by atoms with Crippen LogP contribution in [0.15, 0.2) is 61.2 Å². The highest BCUT2D eigenvalue weighted by molar-refractivity contribution is 6.47. The van der Waals surface area contributed by atoms with Crippen LogP contribution in [0.2, 0.25) is 0 Å². The minimum Gasteiger partial charge on any atom is -0.489 e. The lowest BCUT2D eigenvalue weighted by atomic mass is 10.0. The quantitative estimate of drug-likeness (QED) is 0.312. The molecule has 1 aromatic carbocycles. The molecule has 0 spiro atoms. The topological polar surface area (TPSA) is 105 Å². The molecule has 0 bridgehead atoms. The second-order valence-electron chi connectivity index (χ2n) is 9.61. The van der Waals surface area contributed by atoms with Gasteiger partial charge in [0.15, 0.2) is 5.82 Å². The van der Waals surface area contributed by atoms with Crippen molar-refractivity contribution in [2.75, 3.05) is 41.4 Å². The number of nitrogens with zero attached hydrogens (tertiary/aromatic N) is 6. The molecule has 0 saturated carbocycles. The molecule has 4 aromatic rings. The van der Waals surface area contributed by atoms with Crippen molar-refractivity contribution in [1.29, 1.82) is 0 Å². The number of aryl methyl sites for hydroxylation is 1. The molecule has 5 heterocycles. The zero-order chi connectivity index (χ0) is 27.1. The summed E-state index contributed by atoms with van der Waals surface area (Å²) >= 11 is 0. The van der Waals surface area contributed by atoms with Gasteiger partial charge in [0.1, 0.15) is 18.1 Å². The molecule has 0 aliphatic carbocycles. The van der Waals surface area contributed by atoms with Crippen LogP contribution in [0.1, 0.15) is 16.2 Å². The monoisotopic (exact) mass is 527 g/mol. The van der Waals surface area contributed by atoms with E-state index in [-0.39, 0.29) is 6.04 Å². The van der Waals surface area contributed by atoms with Crippen LogP contribution in [-0.2, 0) is 11.8 Å². The third-order valence-electron chi connectivity index (χ3n) is 7.22. The molecule has 1 saturated heterocycles. The Morgan fingerprint density at radius 2 is 1.85 bits per heavy atom. The number of pyridine rings is 1. The van der Waals surface area contributed by atoms with Crippen LogP contribution in [0.25, 0.3) is 11.1 Å². The van der Waals surface area contributed by atoms with Gasteiger partial charge in [0.05, 0.1) is 24.1 Å². The highest BCUT2D eigenvalue weighted by atomic mass is 19.1. The van der Waals surface area contributed by atoms with Crippen LogP contribution in [0, 0.1) is 12.7 Å². The van der Waals surface area contributed by atoms with Crippen molar-refractivity contribution in [3.05, 3.63) is 78.4 Å². The van der Waals surface area contributed by atoms with E-state index in [0.29, 0.717) is 54.9 Å². The molecule has 1 N–H and O–H groups in total. The average molecular weight is 528 g/mol. The number of carbonyl (C=O) groups excluding carboxylic acids is 2. The Labute approximate surface area is 224 Å². The first kappa shape index (κ1) is 24.5. The lowest BCUT2D eigenvalue weighted by Gasteiger charge is -2.45. The van der Waals surface area contributed by atoms with Gasteiger partial charge in [0.2, 0.25) is 5.95 Å². The number of fused-ring (bicyclic) bond motifs is 3. The third-order valence-corrected chi connectivity index (χ3v) is 7.22. The number of Topliss-reactive ketones (excluding diaryl/α,β-unsaturated/α-hetero) is 1. The lowest BCUT2D eigenvalue weighted by Crippen LogP contribution is -2.57. The smallest absolute Gasteiger partial charge is 0.298 e. The Hall–Kier alpha value is -4.80. The minimum absolute atomic E-state index is 0.0640. The van der Waals surface area contributed by atoms with Gasteiger partial charge in [-0.2, -0.15) is 0 Å². The molecule has 0 radical (unpaired) electrons. The summed E-state index contributed by atoms with van der Waals surface area (Å²) < 4.78 is 21.0. The summed E-state index contributed by atoms with van der Waals surface area (Å²) in [7, 11) is 1.77. The van der Waals surface area contributed by atoms with E-state index in [1.165, 1.54) is 12.4 Å². The van der Waals surface area contributed by atoms with Gasteiger partial charge >= 0.3 is 0 Å². The molecule has 6 rings (SSSR count). The number of anilines is 3. The van der Waals surface area contributed by atoms with Gasteiger partial charge in [-0.1, -0.05) is 0 Å². The summed E-state index contributed by atoms with van der Waals surface area (Å²) in [5.74, 6) is -0.701. The molecular weight excluding hydrogens is 501 g/mol. The van der Waals surface area contributed by atoms with Gasteiger partial charge in [-0.25, -0.2) is 14.4 Å². The standard InChI is InChI=1S/C28H26FN7O3/c1-17-11-22(18-5-7-30-8-6-18)25(34(17)2)26(37)27(38)33-20-3-4-23-24(12-20)39-16-21-15-35(9-10-36(21)23)28-31-13-19(29)14-32-28/h3-8,11-14,21H,9-10,15-16H2,1-2H3,(H,33,38)/t21-/m0/s1. The summed E-state index contributed by atoms with van der Waals surface area (Å²) in [5.41, 5.74) is 4.06. The zero-order valence-corrected chi connectivity index (χ0v) is 21.5. The maximum Gasteiger partial charge on any atom is 0.298 e. The molecular formula is C28H26FN7O3. The highest BCUT2D eigenvalue weighted by Crippen LogP contribution is 2.38. The van der Waals surface area contributed by atoms with Gasteiger partial charge in [-0.15, -0.1) is 0 Å². The summed E-state index contributed by atoms with van der Waals surface area (Å²) in [6.07, 6.45) is 5.64. The first-order valence-corrected chi connectivity index (χ1v) is 12.6. The minimum atomic E-state index is -0.729. The Morgan fingerprint density at radius 3 is 2.62 bits per heavy atom. The van der Waals surface area contributed by atoms with Crippen molar-refractivity contribution in [3.8, 4) is 16.9 Å². The molecule has 39 heavy (non-hydrogen) atoms. The number of halogens is 1. The predicted octanol–water partition coefficient (Wildman–Crippen LogP) is 3.23.